The molecule has 0 unspecified atom stereocenters. The first-order chi connectivity index (χ1) is 8.10. The van der Waals surface area contributed by atoms with E-state index in [1.54, 1.807) is 0 Å². The van der Waals surface area contributed by atoms with Crippen molar-refractivity contribution in [2.24, 2.45) is 0 Å². The zero-order chi connectivity index (χ0) is 12.8. The van der Waals surface area contributed by atoms with Gasteiger partial charge in [-0.3, -0.25) is 0 Å². The minimum absolute atomic E-state index is 0.826. The first-order valence-corrected chi connectivity index (χ1v) is 6.40. The molecule has 17 heavy (non-hydrogen) atoms. The molecule has 1 N–H and O–H groups in total. The molecular formula is C13H24N4. The van der Waals surface area contributed by atoms with Crippen LogP contribution in [0.2, 0.25) is 0 Å². The summed E-state index contributed by atoms with van der Waals surface area (Å²) >= 11 is 0. The van der Waals surface area contributed by atoms with Gasteiger partial charge in [0.1, 0.15) is 17.5 Å². The number of nitrogens with zero attached hydrogens (tertiary/aromatic N) is 3. The first-order valence-electron chi connectivity index (χ1n) is 6.40. The van der Waals surface area contributed by atoms with E-state index >= 15 is 0 Å². The molecule has 0 atom stereocenters. The molecule has 4 heteroatoms. The van der Waals surface area contributed by atoms with E-state index < -0.39 is 0 Å². The van der Waals surface area contributed by atoms with E-state index in [-0.39, 0.29) is 0 Å². The van der Waals surface area contributed by atoms with Crippen molar-refractivity contribution in [1.82, 2.24) is 9.97 Å². The van der Waals surface area contributed by atoms with Gasteiger partial charge >= 0.3 is 0 Å². The van der Waals surface area contributed by atoms with Crippen LogP contribution < -0.4 is 10.2 Å². The third-order valence-electron chi connectivity index (χ3n) is 2.69. The van der Waals surface area contributed by atoms with E-state index in [2.05, 4.69) is 48.0 Å². The third-order valence-corrected chi connectivity index (χ3v) is 2.69. The quantitative estimate of drug-likeness (QED) is 0.824. The molecule has 1 aromatic heterocycles. The summed E-state index contributed by atoms with van der Waals surface area (Å²) in [7, 11) is 2.09. The van der Waals surface area contributed by atoms with Crippen molar-refractivity contribution < 1.29 is 0 Å². The monoisotopic (exact) mass is 236 g/mol. The normalized spacial score (nSPS) is 10.4. The molecule has 0 radical (unpaired) electrons. The maximum absolute atomic E-state index is 4.53. The van der Waals surface area contributed by atoms with Crippen molar-refractivity contribution in [1.29, 1.82) is 0 Å². The summed E-state index contributed by atoms with van der Waals surface area (Å²) in [5.74, 6) is 2.84. The van der Waals surface area contributed by atoms with E-state index in [1.807, 2.05) is 6.92 Å². The highest BCUT2D eigenvalue weighted by Crippen LogP contribution is 2.22. The Bertz CT molecular complexity index is 363. The summed E-state index contributed by atoms with van der Waals surface area (Å²) in [6.45, 7) is 10.3. The van der Waals surface area contributed by atoms with Crippen molar-refractivity contribution in [2.45, 2.75) is 40.5 Å². The summed E-state index contributed by atoms with van der Waals surface area (Å²) in [4.78, 5) is 11.2. The Balaban J connectivity index is 3.00. The number of rotatable bonds is 6. The van der Waals surface area contributed by atoms with Gasteiger partial charge in [-0.05, 0) is 26.7 Å². The molecule has 1 heterocycles. The largest absolute Gasteiger partial charge is 0.370 e. The molecule has 0 aliphatic heterocycles. The standard InChI is InChI=1S/C13H24N4/c1-6-8-14-12-10(3)13(16-11(4)15-12)17(5)9-7-2/h6-9H2,1-5H3,(H,14,15,16). The van der Waals surface area contributed by atoms with Crippen molar-refractivity contribution in [3.63, 3.8) is 0 Å². The molecule has 0 saturated carbocycles. The lowest BCUT2D eigenvalue weighted by molar-refractivity contribution is 0.822. The van der Waals surface area contributed by atoms with Crippen LogP contribution in [0.25, 0.3) is 0 Å². The molecule has 0 amide bonds. The fourth-order valence-electron chi connectivity index (χ4n) is 1.84. The second-order valence-corrected chi connectivity index (χ2v) is 4.42. The van der Waals surface area contributed by atoms with Crippen LogP contribution in [0.5, 0.6) is 0 Å². The van der Waals surface area contributed by atoms with Gasteiger partial charge in [-0.15, -0.1) is 0 Å². The highest BCUT2D eigenvalue weighted by molar-refractivity contribution is 5.58. The van der Waals surface area contributed by atoms with Crippen LogP contribution in [0.15, 0.2) is 0 Å². The number of hydrogen-bond donors (Lipinski definition) is 1. The maximum atomic E-state index is 4.53. The van der Waals surface area contributed by atoms with Crippen molar-refractivity contribution in [3.05, 3.63) is 11.4 Å². The summed E-state index contributed by atoms with van der Waals surface area (Å²) < 4.78 is 0. The number of anilines is 2. The Morgan fingerprint density at radius 3 is 2.41 bits per heavy atom. The van der Waals surface area contributed by atoms with Gasteiger partial charge in [-0.1, -0.05) is 13.8 Å². The maximum Gasteiger partial charge on any atom is 0.137 e. The van der Waals surface area contributed by atoms with Crippen molar-refractivity contribution in [2.75, 3.05) is 30.4 Å². The second kappa shape index (κ2) is 6.42. The zero-order valence-corrected chi connectivity index (χ0v) is 11.7. The van der Waals surface area contributed by atoms with E-state index in [1.165, 1.54) is 0 Å². The van der Waals surface area contributed by atoms with Crippen LogP contribution in [0.3, 0.4) is 0 Å². The average molecular weight is 236 g/mol. The van der Waals surface area contributed by atoms with Crippen LogP contribution in [-0.4, -0.2) is 30.1 Å². The molecule has 1 rings (SSSR count). The lowest BCUT2D eigenvalue weighted by atomic mass is 10.2. The van der Waals surface area contributed by atoms with Crippen molar-refractivity contribution >= 4 is 11.6 Å². The number of aryl methyl sites for hydroxylation is 1. The molecule has 0 fully saturated rings. The SMILES string of the molecule is CCCNc1nc(C)nc(N(C)CCC)c1C. The first kappa shape index (κ1) is 13.7. The van der Waals surface area contributed by atoms with Gasteiger partial charge in [0.2, 0.25) is 0 Å². The fourth-order valence-corrected chi connectivity index (χ4v) is 1.84. The topological polar surface area (TPSA) is 41.1 Å². The summed E-state index contributed by atoms with van der Waals surface area (Å²) in [5.41, 5.74) is 1.14. The van der Waals surface area contributed by atoms with Gasteiger partial charge in [-0.25, -0.2) is 9.97 Å². The minimum Gasteiger partial charge on any atom is -0.370 e. The van der Waals surface area contributed by atoms with E-state index in [4.69, 9.17) is 0 Å². The minimum atomic E-state index is 0.826. The van der Waals surface area contributed by atoms with Crippen molar-refractivity contribution in [3.8, 4) is 0 Å². The predicted molar refractivity (Wildman–Crippen MR) is 73.8 cm³/mol. The summed E-state index contributed by atoms with van der Waals surface area (Å²) in [6, 6.07) is 0. The molecule has 0 spiro atoms. The number of hydrogen-bond acceptors (Lipinski definition) is 4. The van der Waals surface area contributed by atoms with Gasteiger partial charge in [0.15, 0.2) is 0 Å². The van der Waals surface area contributed by atoms with E-state index in [0.29, 0.717) is 0 Å². The van der Waals surface area contributed by atoms with Crippen LogP contribution in [0, 0.1) is 13.8 Å². The Kier molecular flexibility index (Phi) is 5.19. The third kappa shape index (κ3) is 3.58. The van der Waals surface area contributed by atoms with E-state index in [9.17, 15) is 0 Å². The van der Waals surface area contributed by atoms with Crippen LogP contribution in [0.4, 0.5) is 11.6 Å². The molecule has 0 aromatic carbocycles. The number of nitrogens with one attached hydrogen (secondary N) is 1. The molecule has 96 valence electrons. The van der Waals surface area contributed by atoms with E-state index in [0.717, 1.165) is 49.0 Å². The molecule has 0 saturated heterocycles. The molecule has 0 aliphatic rings. The van der Waals surface area contributed by atoms with Gasteiger partial charge in [-0.2, -0.15) is 0 Å². The predicted octanol–water partition coefficient (Wildman–Crippen LogP) is 2.76. The lowest BCUT2D eigenvalue weighted by Gasteiger charge is -2.21. The van der Waals surface area contributed by atoms with Crippen LogP contribution >= 0.6 is 0 Å². The van der Waals surface area contributed by atoms with Gasteiger partial charge in [0.25, 0.3) is 0 Å². The number of aromatic nitrogens is 2. The van der Waals surface area contributed by atoms with Gasteiger partial charge < -0.3 is 10.2 Å². The fraction of sp³-hybridized carbons (Fsp3) is 0.692. The lowest BCUT2D eigenvalue weighted by Crippen LogP contribution is -2.22. The van der Waals surface area contributed by atoms with Crippen LogP contribution in [-0.2, 0) is 0 Å². The van der Waals surface area contributed by atoms with Crippen LogP contribution in [0.1, 0.15) is 38.1 Å². The van der Waals surface area contributed by atoms with Gasteiger partial charge in [0.05, 0.1) is 0 Å². The highest BCUT2D eigenvalue weighted by Gasteiger charge is 2.11. The Morgan fingerprint density at radius 2 is 1.82 bits per heavy atom. The highest BCUT2D eigenvalue weighted by atomic mass is 15.2. The smallest absolute Gasteiger partial charge is 0.137 e. The molecule has 0 bridgehead atoms. The zero-order valence-electron chi connectivity index (χ0n) is 11.7. The Labute approximate surface area is 104 Å². The van der Waals surface area contributed by atoms with Gasteiger partial charge in [0, 0.05) is 25.7 Å². The summed E-state index contributed by atoms with van der Waals surface area (Å²) in [5, 5.41) is 3.36. The molecule has 4 nitrogen and oxygen atoms in total. The second-order valence-electron chi connectivity index (χ2n) is 4.42. The average Bonchev–Trinajstić information content (AvgIpc) is 2.30. The Morgan fingerprint density at radius 1 is 1.12 bits per heavy atom. The molecule has 0 aliphatic carbocycles. The Hall–Kier alpha value is -1.32. The molecule has 1 aromatic rings. The summed E-state index contributed by atoms with van der Waals surface area (Å²) in [6.07, 6.45) is 2.22. The molecular weight excluding hydrogens is 212 g/mol.